The number of carbonyl (C=O) groups excluding carboxylic acids is 1. The Labute approximate surface area is 72.1 Å². The maximum absolute atomic E-state index is 10.7. The van der Waals surface area contributed by atoms with Crippen molar-refractivity contribution in [2.75, 3.05) is 7.11 Å². The van der Waals surface area contributed by atoms with E-state index in [4.69, 9.17) is 4.74 Å². The van der Waals surface area contributed by atoms with E-state index in [1.54, 1.807) is 7.11 Å². The minimum Gasteiger partial charge on any atom is -0.499 e. The van der Waals surface area contributed by atoms with Gasteiger partial charge in [0.1, 0.15) is 5.76 Å². The Kier molecular flexibility index (Phi) is 2.91. The zero-order valence-electron chi connectivity index (χ0n) is 7.39. The molecule has 0 fully saturated rings. The van der Waals surface area contributed by atoms with Gasteiger partial charge in [-0.2, -0.15) is 0 Å². The molecule has 0 atom stereocenters. The molecule has 0 unspecified atom stereocenters. The van der Waals surface area contributed by atoms with Gasteiger partial charge in [-0.3, -0.25) is 4.79 Å². The number of allylic oxidation sites excluding steroid dienone is 3. The molecule has 12 heavy (non-hydrogen) atoms. The van der Waals surface area contributed by atoms with Crippen LogP contribution in [0.2, 0.25) is 0 Å². The van der Waals surface area contributed by atoms with Crippen molar-refractivity contribution in [1.29, 1.82) is 0 Å². The number of rotatable bonds is 2. The first kappa shape index (κ1) is 8.84. The van der Waals surface area contributed by atoms with E-state index >= 15 is 0 Å². The molecule has 3 nitrogen and oxygen atoms in total. The summed E-state index contributed by atoms with van der Waals surface area (Å²) in [6, 6.07) is 0. The second-order valence-electron chi connectivity index (χ2n) is 2.66. The van der Waals surface area contributed by atoms with Gasteiger partial charge in [0, 0.05) is 13.3 Å². The summed E-state index contributed by atoms with van der Waals surface area (Å²) in [6.07, 6.45) is 5.74. The van der Waals surface area contributed by atoms with Crippen LogP contribution in [0.25, 0.3) is 0 Å². The molecule has 0 heterocycles. The lowest BCUT2D eigenvalue weighted by Crippen LogP contribution is -2.21. The third kappa shape index (κ3) is 2.12. The minimum absolute atomic E-state index is 0.0638. The first-order valence-electron chi connectivity index (χ1n) is 3.95. The number of methoxy groups -OCH3 is 1. The van der Waals surface area contributed by atoms with Crippen molar-refractivity contribution in [3.63, 3.8) is 0 Å². The molecular formula is C9H13NO2. The summed E-state index contributed by atoms with van der Waals surface area (Å²) in [7, 11) is 1.62. The minimum atomic E-state index is -0.0638. The molecule has 1 N–H and O–H groups in total. The Bertz CT molecular complexity index is 241. The van der Waals surface area contributed by atoms with Crippen LogP contribution >= 0.6 is 0 Å². The summed E-state index contributed by atoms with van der Waals surface area (Å²) in [5, 5.41) is 2.71. The summed E-state index contributed by atoms with van der Waals surface area (Å²) in [5.74, 6) is 0.791. The Balaban J connectivity index is 2.74. The summed E-state index contributed by atoms with van der Waals surface area (Å²) < 4.78 is 5.12. The van der Waals surface area contributed by atoms with Gasteiger partial charge in [0.15, 0.2) is 0 Å². The summed E-state index contributed by atoms with van der Waals surface area (Å²) in [6.45, 7) is 1.49. The lowest BCUT2D eigenvalue weighted by atomic mass is 10.1. The van der Waals surface area contributed by atoms with Gasteiger partial charge in [0.2, 0.25) is 5.91 Å². The van der Waals surface area contributed by atoms with E-state index in [1.165, 1.54) is 6.92 Å². The van der Waals surface area contributed by atoms with Crippen LogP contribution in [0.4, 0.5) is 0 Å². The maximum Gasteiger partial charge on any atom is 0.221 e. The molecule has 1 aliphatic carbocycles. The molecule has 3 heteroatoms. The van der Waals surface area contributed by atoms with E-state index in [2.05, 4.69) is 5.32 Å². The molecule has 0 saturated carbocycles. The van der Waals surface area contributed by atoms with Crippen molar-refractivity contribution < 1.29 is 9.53 Å². The number of ether oxygens (including phenoxy) is 1. The zero-order chi connectivity index (χ0) is 8.97. The Morgan fingerprint density at radius 1 is 1.67 bits per heavy atom. The number of nitrogens with one attached hydrogen (secondary N) is 1. The molecule has 0 saturated heterocycles. The van der Waals surface area contributed by atoms with Gasteiger partial charge in [0.25, 0.3) is 0 Å². The van der Waals surface area contributed by atoms with E-state index in [9.17, 15) is 4.79 Å². The van der Waals surface area contributed by atoms with Crippen molar-refractivity contribution >= 4 is 5.91 Å². The number of amides is 1. The van der Waals surface area contributed by atoms with E-state index < -0.39 is 0 Å². The predicted molar refractivity (Wildman–Crippen MR) is 46.2 cm³/mol. The van der Waals surface area contributed by atoms with Crippen LogP contribution in [-0.2, 0) is 9.53 Å². The third-order valence-corrected chi connectivity index (χ3v) is 1.68. The molecule has 0 bridgehead atoms. The molecule has 66 valence electrons. The predicted octanol–water partition coefficient (Wildman–Crippen LogP) is 1.33. The smallest absolute Gasteiger partial charge is 0.221 e. The average Bonchev–Trinajstić information content (AvgIpc) is 2.04. The largest absolute Gasteiger partial charge is 0.499 e. The quantitative estimate of drug-likeness (QED) is 0.673. The van der Waals surface area contributed by atoms with Crippen LogP contribution < -0.4 is 5.32 Å². The van der Waals surface area contributed by atoms with Crippen LogP contribution in [0.5, 0.6) is 0 Å². The monoisotopic (exact) mass is 167 g/mol. The molecule has 0 spiro atoms. The topological polar surface area (TPSA) is 38.3 Å². The highest BCUT2D eigenvalue weighted by molar-refractivity contribution is 5.75. The van der Waals surface area contributed by atoms with E-state index in [1.807, 2.05) is 12.2 Å². The maximum atomic E-state index is 10.7. The molecule has 1 rings (SSSR count). The van der Waals surface area contributed by atoms with Gasteiger partial charge < -0.3 is 10.1 Å². The van der Waals surface area contributed by atoms with Crippen LogP contribution in [0, 0.1) is 0 Å². The normalized spacial score (nSPS) is 16.2. The molecule has 0 aliphatic heterocycles. The average molecular weight is 167 g/mol. The Hall–Kier alpha value is -1.25. The highest BCUT2D eigenvalue weighted by atomic mass is 16.5. The number of hydrogen-bond donors (Lipinski definition) is 1. The van der Waals surface area contributed by atoms with E-state index in [0.717, 1.165) is 24.3 Å². The lowest BCUT2D eigenvalue weighted by Gasteiger charge is -2.14. The van der Waals surface area contributed by atoms with Crippen LogP contribution in [0.15, 0.2) is 23.6 Å². The van der Waals surface area contributed by atoms with Gasteiger partial charge in [-0.1, -0.05) is 6.08 Å². The van der Waals surface area contributed by atoms with Gasteiger partial charge in [-0.25, -0.2) is 0 Å². The molecule has 1 amide bonds. The van der Waals surface area contributed by atoms with E-state index in [0.29, 0.717) is 0 Å². The Morgan fingerprint density at radius 3 is 3.00 bits per heavy atom. The molecule has 1 aliphatic rings. The zero-order valence-corrected chi connectivity index (χ0v) is 7.39. The molecule has 0 aromatic heterocycles. The summed E-state index contributed by atoms with van der Waals surface area (Å²) >= 11 is 0. The van der Waals surface area contributed by atoms with Gasteiger partial charge in [0.05, 0.1) is 12.8 Å². The Morgan fingerprint density at radius 2 is 2.42 bits per heavy atom. The first-order valence-corrected chi connectivity index (χ1v) is 3.95. The van der Waals surface area contributed by atoms with Crippen molar-refractivity contribution in [2.24, 2.45) is 0 Å². The second kappa shape index (κ2) is 3.95. The van der Waals surface area contributed by atoms with Gasteiger partial charge in [-0.15, -0.1) is 0 Å². The van der Waals surface area contributed by atoms with Crippen LogP contribution in [0.3, 0.4) is 0 Å². The van der Waals surface area contributed by atoms with Crippen molar-refractivity contribution in [3.05, 3.63) is 23.6 Å². The summed E-state index contributed by atoms with van der Waals surface area (Å²) in [5.41, 5.74) is 0.788. The van der Waals surface area contributed by atoms with Gasteiger partial charge in [-0.05, 0) is 12.5 Å². The fourth-order valence-corrected chi connectivity index (χ4v) is 1.16. The standard InChI is InChI=1S/C9H13NO2/c1-7(11)10-8-5-3-4-6-9(8)12-2/h3,5H,4,6H2,1-2H3,(H,10,11). The summed E-state index contributed by atoms with van der Waals surface area (Å²) in [4.78, 5) is 10.7. The van der Waals surface area contributed by atoms with E-state index in [-0.39, 0.29) is 5.91 Å². The van der Waals surface area contributed by atoms with Crippen molar-refractivity contribution in [2.45, 2.75) is 19.8 Å². The number of hydrogen-bond acceptors (Lipinski definition) is 2. The fourth-order valence-electron chi connectivity index (χ4n) is 1.16. The SMILES string of the molecule is COC1=C(NC(C)=O)C=CCC1. The molecular weight excluding hydrogens is 154 g/mol. The fraction of sp³-hybridized carbons (Fsp3) is 0.444. The third-order valence-electron chi connectivity index (χ3n) is 1.68. The number of carbonyl (C=O) groups is 1. The van der Waals surface area contributed by atoms with Crippen LogP contribution in [0.1, 0.15) is 19.8 Å². The highest BCUT2D eigenvalue weighted by Crippen LogP contribution is 2.16. The second-order valence-corrected chi connectivity index (χ2v) is 2.66. The molecule has 0 aromatic carbocycles. The van der Waals surface area contributed by atoms with Crippen LogP contribution in [-0.4, -0.2) is 13.0 Å². The van der Waals surface area contributed by atoms with Crippen molar-refractivity contribution in [1.82, 2.24) is 5.32 Å². The first-order chi connectivity index (χ1) is 5.74. The van der Waals surface area contributed by atoms with Gasteiger partial charge >= 0.3 is 0 Å². The molecule has 0 aromatic rings. The highest BCUT2D eigenvalue weighted by Gasteiger charge is 2.08. The molecule has 0 radical (unpaired) electrons. The van der Waals surface area contributed by atoms with Crippen molar-refractivity contribution in [3.8, 4) is 0 Å². The lowest BCUT2D eigenvalue weighted by molar-refractivity contribution is -0.118.